The van der Waals surface area contributed by atoms with Crippen LogP contribution in [0.1, 0.15) is 0 Å². The van der Waals surface area contributed by atoms with Crippen LogP contribution >= 0.6 is 0 Å². The van der Waals surface area contributed by atoms with Crippen LogP contribution in [0.25, 0.3) is 0 Å². The number of hydrogen-bond acceptors (Lipinski definition) is 24. The van der Waals surface area contributed by atoms with E-state index in [2.05, 4.69) is 0 Å². The molecule has 0 aliphatic carbocycles. The van der Waals surface area contributed by atoms with Gasteiger partial charge in [-0.3, -0.25) is 10.1 Å². The summed E-state index contributed by atoms with van der Waals surface area (Å²) in [6.45, 7) is -3.78. The predicted molar refractivity (Wildman–Crippen MR) is 167 cm³/mol. The molecule has 5 rings (SSSR count). The van der Waals surface area contributed by atoms with E-state index in [9.17, 15) is 81.6 Å². The van der Waals surface area contributed by atoms with Gasteiger partial charge in [0.1, 0.15) is 91.2 Å². The smallest absolute Gasteiger partial charge is 0.308 e. The summed E-state index contributed by atoms with van der Waals surface area (Å²) in [5.74, 6) is -3.48. The molecule has 0 saturated carbocycles. The fourth-order valence-electron chi connectivity index (χ4n) is 6.52. The molecule has 4 saturated heterocycles. The second-order valence-corrected chi connectivity index (χ2v) is 13.2. The lowest BCUT2D eigenvalue weighted by Gasteiger charge is -2.50. The Labute approximate surface area is 309 Å². The summed E-state index contributed by atoms with van der Waals surface area (Å²) in [5.41, 5.74) is -0.353. The molecule has 0 amide bonds. The van der Waals surface area contributed by atoms with Crippen molar-refractivity contribution in [1.82, 2.24) is 0 Å². The zero-order valence-corrected chi connectivity index (χ0v) is 28.4. The third-order valence-electron chi connectivity index (χ3n) is 9.57. The summed E-state index contributed by atoms with van der Waals surface area (Å²) in [4.78, 5) is 10.5. The summed E-state index contributed by atoms with van der Waals surface area (Å²) < 4.78 is 44.4. The number of nitro benzene ring substituents is 1. The minimum Gasteiger partial charge on any atom is -0.485 e. The first-order chi connectivity index (χ1) is 26.0. The van der Waals surface area contributed by atoms with E-state index in [1.807, 2.05) is 0 Å². The number of ether oxygens (including phenoxy) is 8. The van der Waals surface area contributed by atoms with Crippen LogP contribution in [-0.2, 0) is 33.2 Å². The highest BCUT2D eigenvalue weighted by atomic mass is 16.8. The maximum absolute atomic E-state index is 11.5. The van der Waals surface area contributed by atoms with Gasteiger partial charge in [-0.25, -0.2) is 0 Å². The lowest BCUT2D eigenvalue weighted by molar-refractivity contribution is -0.447. The molecule has 0 aromatic heterocycles. The summed E-state index contributed by atoms with van der Waals surface area (Å²) >= 11 is 0. The molecule has 25 nitrogen and oxygen atoms in total. The van der Waals surface area contributed by atoms with Crippen molar-refractivity contribution in [3.05, 3.63) is 34.4 Å². The first-order valence-electron chi connectivity index (χ1n) is 16.8. The van der Waals surface area contributed by atoms with Gasteiger partial charge in [-0.2, -0.15) is 0 Å². The summed E-state index contributed by atoms with van der Waals surface area (Å²) in [6, 6.07) is 4.33. The molecule has 55 heavy (non-hydrogen) atoms. The van der Waals surface area contributed by atoms with Gasteiger partial charge in [-0.1, -0.05) is 0 Å². The molecule has 1 aromatic rings. The van der Waals surface area contributed by atoms with Crippen molar-refractivity contribution in [1.29, 1.82) is 0 Å². The zero-order chi connectivity index (χ0) is 40.5. The molecule has 1 aromatic carbocycles. The quantitative estimate of drug-likeness (QED) is 0.0500. The highest BCUT2D eigenvalue weighted by Crippen LogP contribution is 2.36. The molecule has 14 N–H and O–H groups in total. The molecule has 0 spiro atoms. The Morgan fingerprint density at radius 3 is 1.55 bits per heavy atom. The fraction of sp³-hybridized carbons (Fsp3) is 0.800. The molecule has 0 radical (unpaired) electrons. The van der Waals surface area contributed by atoms with Crippen LogP contribution in [0.15, 0.2) is 24.3 Å². The van der Waals surface area contributed by atoms with E-state index in [0.29, 0.717) is 0 Å². The van der Waals surface area contributed by atoms with Crippen LogP contribution in [0, 0.1) is 10.1 Å². The molecular weight excluding hydrogens is 758 g/mol. The van der Waals surface area contributed by atoms with Crippen molar-refractivity contribution in [2.24, 2.45) is 0 Å². The van der Waals surface area contributed by atoms with Gasteiger partial charge in [0.25, 0.3) is 5.69 Å². The number of nitro groups is 1. The molecule has 0 unspecified atom stereocenters. The van der Waals surface area contributed by atoms with E-state index in [1.165, 1.54) is 0 Å². The Bertz CT molecular complexity index is 1390. The van der Waals surface area contributed by atoms with E-state index in [-0.39, 0.29) is 11.4 Å². The molecule has 4 fully saturated rings. The SMILES string of the molecule is O=[N+]([O-])c1ccc(O[C@@H]2[C@@H](O)[C@H](O[C@H]3[C@H](O)[C@@H](O)C(O)(O)O[C@@H]3CO)O[C@H](CO)[C@@H]2O[C@@H]2O[C@H](CO)[C@@H](O[C@@H]3O[C@H](CO)[C@@H](O)[C@H](O)[C@H]3O)[C@H](O)[C@H]2O)cc1. The highest BCUT2D eigenvalue weighted by Gasteiger charge is 2.58. The zero-order valence-electron chi connectivity index (χ0n) is 28.4. The van der Waals surface area contributed by atoms with Gasteiger partial charge in [0.05, 0.1) is 31.4 Å². The van der Waals surface area contributed by atoms with Crippen molar-refractivity contribution < 1.29 is 114 Å². The molecule has 4 heterocycles. The standard InChI is InChI=1S/C30H45NO24/c32-5-11-15(36)16(37)18(39)27(49-11)52-22-12(6-33)50-28(19(40)17(22)38)54-24-13(7-34)51-29(53-23-14(8-35)55-30(44,45)26(43)20(23)41)21(42)25(24)48-10-3-1-9(2-4-10)31(46)47/h1-4,11-29,32-45H,5-8H2/t11-,12-,13-,14-,15-,16+,17-,18-,19-,20+,21-,22-,23-,24+,25-,26-,27+,28+,29+/m1/s1. The number of hydrogen-bond donors (Lipinski definition) is 14. The van der Waals surface area contributed by atoms with Crippen LogP contribution < -0.4 is 4.74 Å². The number of aliphatic hydroxyl groups is 14. The Morgan fingerprint density at radius 2 is 1.02 bits per heavy atom. The maximum Gasteiger partial charge on any atom is 0.308 e. The van der Waals surface area contributed by atoms with Gasteiger partial charge in [0, 0.05) is 12.1 Å². The number of rotatable bonds is 13. The Kier molecular flexibility index (Phi) is 14.3. The molecule has 4 aliphatic heterocycles. The maximum atomic E-state index is 11.5. The third kappa shape index (κ3) is 9.02. The van der Waals surface area contributed by atoms with Crippen molar-refractivity contribution in [3.63, 3.8) is 0 Å². The summed E-state index contributed by atoms with van der Waals surface area (Å²) in [5, 5.41) is 156. The van der Waals surface area contributed by atoms with Crippen LogP contribution in [0.3, 0.4) is 0 Å². The predicted octanol–water partition coefficient (Wildman–Crippen LogP) is -8.43. The first-order valence-corrected chi connectivity index (χ1v) is 16.8. The largest absolute Gasteiger partial charge is 0.485 e. The van der Waals surface area contributed by atoms with Gasteiger partial charge >= 0.3 is 5.97 Å². The normalized spacial score (nSPS) is 44.9. The van der Waals surface area contributed by atoms with E-state index in [1.54, 1.807) is 0 Å². The number of non-ortho nitro benzene ring substituents is 1. The highest BCUT2D eigenvalue weighted by molar-refractivity contribution is 5.36. The fourth-order valence-corrected chi connectivity index (χ4v) is 6.52. The Balaban J connectivity index is 1.39. The van der Waals surface area contributed by atoms with Crippen molar-refractivity contribution in [2.45, 2.75) is 123 Å². The molecule has 19 atom stereocenters. The van der Waals surface area contributed by atoms with E-state index < -0.39 is 154 Å². The molecule has 25 heteroatoms. The van der Waals surface area contributed by atoms with Crippen molar-refractivity contribution in [2.75, 3.05) is 26.4 Å². The monoisotopic (exact) mass is 803 g/mol. The average molecular weight is 804 g/mol. The molecule has 0 bridgehead atoms. The molecular formula is C30H45NO24. The van der Waals surface area contributed by atoms with Gasteiger partial charge in [0.15, 0.2) is 31.1 Å². The van der Waals surface area contributed by atoms with Crippen LogP contribution in [-0.4, -0.2) is 225 Å². The Hall–Kier alpha value is -2.42. The first kappa shape index (κ1) is 43.7. The number of aliphatic hydroxyl groups excluding tert-OH is 12. The van der Waals surface area contributed by atoms with Gasteiger partial charge in [0.2, 0.25) is 0 Å². The lowest BCUT2D eigenvalue weighted by atomic mass is 9.95. The minimum absolute atomic E-state index is 0.151. The van der Waals surface area contributed by atoms with E-state index in [0.717, 1.165) is 24.3 Å². The third-order valence-corrected chi connectivity index (χ3v) is 9.57. The Morgan fingerprint density at radius 1 is 0.564 bits per heavy atom. The van der Waals surface area contributed by atoms with Crippen molar-refractivity contribution in [3.8, 4) is 5.75 Å². The van der Waals surface area contributed by atoms with Crippen LogP contribution in [0.4, 0.5) is 5.69 Å². The minimum atomic E-state index is -3.33. The second kappa shape index (κ2) is 18.0. The van der Waals surface area contributed by atoms with Crippen molar-refractivity contribution >= 4 is 5.69 Å². The van der Waals surface area contributed by atoms with Gasteiger partial charge < -0.3 is 109 Å². The molecule has 4 aliphatic rings. The van der Waals surface area contributed by atoms with E-state index >= 15 is 0 Å². The topological polar surface area (TPSA) is 400 Å². The second-order valence-electron chi connectivity index (χ2n) is 13.2. The molecule has 314 valence electrons. The van der Waals surface area contributed by atoms with Crippen LogP contribution in [0.5, 0.6) is 5.75 Å². The number of nitrogens with zero attached hydrogens (tertiary/aromatic N) is 1. The van der Waals surface area contributed by atoms with Crippen LogP contribution in [0.2, 0.25) is 0 Å². The average Bonchev–Trinajstić information content (AvgIpc) is 3.16. The lowest BCUT2D eigenvalue weighted by Crippen LogP contribution is -2.69. The summed E-state index contributed by atoms with van der Waals surface area (Å²) in [6.07, 6.45) is -35.7. The van der Waals surface area contributed by atoms with E-state index in [4.69, 9.17) is 37.9 Å². The summed E-state index contributed by atoms with van der Waals surface area (Å²) in [7, 11) is 0. The van der Waals surface area contributed by atoms with Gasteiger partial charge in [-0.05, 0) is 12.1 Å². The number of benzene rings is 1. The van der Waals surface area contributed by atoms with Gasteiger partial charge in [-0.15, -0.1) is 0 Å².